The molecule has 0 aromatic rings. The number of Topliss-reactive ketones (excluding diaryl/α,β-unsaturated/α-hetero) is 2. The van der Waals surface area contributed by atoms with Gasteiger partial charge in [-0.1, -0.05) is 93.2 Å². The second-order valence-electron chi connectivity index (χ2n) is 15.3. The molecule has 0 spiro atoms. The van der Waals surface area contributed by atoms with Gasteiger partial charge in [0.1, 0.15) is 5.70 Å². The molecule has 1 aliphatic carbocycles. The number of rotatable bonds is 24. The predicted octanol–water partition coefficient (Wildman–Crippen LogP) is 13.7. The number of ketones is 2. The molecule has 0 radical (unpaired) electrons. The third-order valence-corrected chi connectivity index (χ3v) is 9.90. The molecule has 0 bridgehead atoms. The summed E-state index contributed by atoms with van der Waals surface area (Å²) in [5.74, 6) is -0.646. The molecule has 1 aliphatic rings. The molecule has 0 atom stereocenters. The van der Waals surface area contributed by atoms with E-state index in [-0.39, 0.29) is 23.0 Å². The van der Waals surface area contributed by atoms with Gasteiger partial charge in [0, 0.05) is 11.1 Å². The van der Waals surface area contributed by atoms with Gasteiger partial charge in [-0.25, -0.2) is 0 Å². The van der Waals surface area contributed by atoms with Gasteiger partial charge < -0.3 is 10.5 Å². The molecule has 0 heterocycles. The van der Waals surface area contributed by atoms with E-state index < -0.39 is 0 Å². The van der Waals surface area contributed by atoms with Gasteiger partial charge in [-0.2, -0.15) is 0 Å². The fourth-order valence-electron chi connectivity index (χ4n) is 6.18. The van der Waals surface area contributed by atoms with Crippen molar-refractivity contribution in [2.45, 2.75) is 166 Å². The zero-order chi connectivity index (χ0) is 39.1. The Morgan fingerprint density at radius 3 is 1.06 bits per heavy atom. The van der Waals surface area contributed by atoms with Crippen LogP contribution in [-0.2, 0) is 14.3 Å². The Morgan fingerprint density at radius 1 is 0.481 bits per heavy atom. The summed E-state index contributed by atoms with van der Waals surface area (Å²) >= 11 is 0. The number of hydrogen-bond donors (Lipinski definition) is 1. The van der Waals surface area contributed by atoms with Crippen LogP contribution in [0.2, 0.25) is 0 Å². The maximum Gasteiger partial charge on any atom is 0.226 e. The molecule has 2 N–H and O–H groups in total. The number of nitrogens with two attached hydrogens (primary N) is 1. The monoisotopic (exact) mass is 712 g/mol. The molecule has 0 saturated carbocycles. The summed E-state index contributed by atoms with van der Waals surface area (Å²) in [6.07, 6.45) is 34.7. The lowest BCUT2D eigenvalue weighted by Gasteiger charge is -2.18. The van der Waals surface area contributed by atoms with Crippen LogP contribution < -0.4 is 5.73 Å². The van der Waals surface area contributed by atoms with E-state index in [1.54, 1.807) is 6.92 Å². The fraction of sp³-hybridized carbons (Fsp3) is 0.542. The zero-order valence-electron chi connectivity index (χ0n) is 35.0. The van der Waals surface area contributed by atoms with Crippen molar-refractivity contribution >= 4 is 11.6 Å². The first-order valence-electron chi connectivity index (χ1n) is 19.7. The summed E-state index contributed by atoms with van der Waals surface area (Å²) < 4.78 is 5.10. The summed E-state index contributed by atoms with van der Waals surface area (Å²) in [5, 5.41) is 0. The van der Waals surface area contributed by atoms with Crippen molar-refractivity contribution < 1.29 is 14.3 Å². The molecule has 0 unspecified atom stereocenters. The van der Waals surface area contributed by atoms with E-state index in [1.807, 2.05) is 6.08 Å². The van der Waals surface area contributed by atoms with E-state index in [2.05, 4.69) is 105 Å². The topological polar surface area (TPSA) is 69.4 Å². The summed E-state index contributed by atoms with van der Waals surface area (Å²) in [7, 11) is 1.37. The quantitative estimate of drug-likeness (QED) is 0.0799. The van der Waals surface area contributed by atoms with Crippen molar-refractivity contribution in [1.82, 2.24) is 0 Å². The van der Waals surface area contributed by atoms with Crippen LogP contribution in [0.4, 0.5) is 0 Å². The van der Waals surface area contributed by atoms with E-state index >= 15 is 0 Å². The highest BCUT2D eigenvalue weighted by molar-refractivity contribution is 6.23. The molecule has 0 saturated heterocycles. The average molecular weight is 712 g/mol. The molecular weight excluding hydrogens is 639 g/mol. The molecule has 1 rings (SSSR count). The minimum atomic E-state index is -0.318. The third kappa shape index (κ3) is 19.8. The highest BCUT2D eigenvalue weighted by atomic mass is 16.5. The SMILES string of the molecule is COC1=C(N)C(=O)C(C)=C(C/C=C(\C)CC/C=C(\C)CC/C=C(\C)CC/C=C(\C)CC/C=C(\C)CC/C=C(\C)CC/C=C(\C)CCC=C(C)C)C1=O. The number of hydrogen-bond acceptors (Lipinski definition) is 4. The Labute approximate surface area is 319 Å². The molecule has 0 aliphatic heterocycles. The molecule has 0 fully saturated rings. The molecule has 0 amide bonds. The standard InChI is InChI=1S/C48H73NO3/c1-35(2)19-12-20-36(3)21-13-22-37(4)23-14-24-38(5)25-15-26-39(6)27-16-28-40(7)29-17-30-41(8)31-18-32-42(9)33-34-44-43(10)46(50)45(49)48(52-11)47(44)51/h19,21,23,25,27,29,31,33H,12-18,20,22,24,26,28,30,32,34,49H2,1-11H3/b36-21+,37-23+,38-25+,39-27+,40-29+,41-31+,42-33+. The van der Waals surface area contributed by atoms with Gasteiger partial charge in [-0.3, -0.25) is 9.59 Å². The Bertz CT molecular complexity index is 1510. The van der Waals surface area contributed by atoms with E-state index in [1.165, 1.54) is 64.5 Å². The predicted molar refractivity (Wildman–Crippen MR) is 226 cm³/mol. The summed E-state index contributed by atoms with van der Waals surface area (Å²) in [4.78, 5) is 25.1. The number of methoxy groups -OCH3 is 1. The normalized spacial score (nSPS) is 16.0. The van der Waals surface area contributed by atoms with Crippen LogP contribution in [-0.4, -0.2) is 18.7 Å². The summed E-state index contributed by atoms with van der Waals surface area (Å²) in [5.41, 5.74) is 18.1. The molecule has 0 aromatic carbocycles. The van der Waals surface area contributed by atoms with Crippen LogP contribution in [0.15, 0.2) is 116 Å². The lowest BCUT2D eigenvalue weighted by molar-refractivity contribution is -0.118. The van der Waals surface area contributed by atoms with Crippen molar-refractivity contribution in [3.05, 3.63) is 116 Å². The average Bonchev–Trinajstić information content (AvgIpc) is 3.07. The Balaban J connectivity index is 2.32. The van der Waals surface area contributed by atoms with Crippen molar-refractivity contribution in [2.75, 3.05) is 7.11 Å². The zero-order valence-corrected chi connectivity index (χ0v) is 35.0. The minimum absolute atomic E-state index is 0.0411. The number of ether oxygens (including phenoxy) is 1. The van der Waals surface area contributed by atoms with Gasteiger partial charge in [-0.05, 0) is 166 Å². The third-order valence-electron chi connectivity index (χ3n) is 9.90. The molecule has 288 valence electrons. The maximum atomic E-state index is 12.7. The second-order valence-corrected chi connectivity index (χ2v) is 15.3. The fourth-order valence-corrected chi connectivity index (χ4v) is 6.18. The first-order valence-corrected chi connectivity index (χ1v) is 19.7. The van der Waals surface area contributed by atoms with Crippen LogP contribution in [0.5, 0.6) is 0 Å². The lowest BCUT2D eigenvalue weighted by Crippen LogP contribution is -2.28. The molecule has 4 nitrogen and oxygen atoms in total. The van der Waals surface area contributed by atoms with Crippen LogP contribution in [0.25, 0.3) is 0 Å². The van der Waals surface area contributed by atoms with Crippen LogP contribution in [0.3, 0.4) is 0 Å². The number of carbonyl (C=O) groups excluding carboxylic acids is 2. The lowest BCUT2D eigenvalue weighted by atomic mass is 9.90. The van der Waals surface area contributed by atoms with Gasteiger partial charge >= 0.3 is 0 Å². The van der Waals surface area contributed by atoms with Gasteiger partial charge in [0.2, 0.25) is 11.6 Å². The molecule has 0 aromatic heterocycles. The van der Waals surface area contributed by atoms with E-state index in [4.69, 9.17) is 10.5 Å². The van der Waals surface area contributed by atoms with Gasteiger partial charge in [-0.15, -0.1) is 0 Å². The van der Waals surface area contributed by atoms with E-state index in [0.29, 0.717) is 17.6 Å². The Kier molecular flexibility index (Phi) is 23.3. The molecular formula is C48H73NO3. The van der Waals surface area contributed by atoms with Crippen molar-refractivity contribution in [3.63, 3.8) is 0 Å². The van der Waals surface area contributed by atoms with Crippen LogP contribution in [0.1, 0.15) is 166 Å². The van der Waals surface area contributed by atoms with Crippen molar-refractivity contribution in [2.24, 2.45) is 5.73 Å². The number of allylic oxidation sites excluding steroid dienone is 18. The number of carbonyl (C=O) groups is 2. The van der Waals surface area contributed by atoms with Gasteiger partial charge in [0.05, 0.1) is 7.11 Å². The highest BCUT2D eigenvalue weighted by Crippen LogP contribution is 2.26. The minimum Gasteiger partial charge on any atom is -0.491 e. The Hall–Kier alpha value is -3.66. The van der Waals surface area contributed by atoms with Crippen LogP contribution in [0, 0.1) is 0 Å². The first-order chi connectivity index (χ1) is 24.7. The molecule has 52 heavy (non-hydrogen) atoms. The van der Waals surface area contributed by atoms with Crippen molar-refractivity contribution in [3.8, 4) is 0 Å². The largest absolute Gasteiger partial charge is 0.491 e. The van der Waals surface area contributed by atoms with E-state index in [9.17, 15) is 9.59 Å². The van der Waals surface area contributed by atoms with Gasteiger partial charge in [0.15, 0.2) is 5.76 Å². The van der Waals surface area contributed by atoms with Crippen LogP contribution >= 0.6 is 0 Å². The van der Waals surface area contributed by atoms with Gasteiger partial charge in [0.25, 0.3) is 0 Å². The van der Waals surface area contributed by atoms with Crippen molar-refractivity contribution in [1.29, 1.82) is 0 Å². The first kappa shape index (κ1) is 46.4. The highest BCUT2D eigenvalue weighted by Gasteiger charge is 2.31. The second kappa shape index (κ2) is 26.2. The maximum absolute atomic E-state index is 12.7. The Morgan fingerprint density at radius 2 is 0.769 bits per heavy atom. The smallest absolute Gasteiger partial charge is 0.226 e. The molecule has 4 heteroatoms. The van der Waals surface area contributed by atoms with E-state index in [0.717, 1.165) is 77.0 Å². The summed E-state index contributed by atoms with van der Waals surface area (Å²) in [6.45, 7) is 21.7. The summed E-state index contributed by atoms with van der Waals surface area (Å²) in [6, 6.07) is 0.